The zero-order chi connectivity index (χ0) is 17.0. The van der Waals surface area contributed by atoms with Gasteiger partial charge in [-0.3, -0.25) is 4.79 Å². The van der Waals surface area contributed by atoms with Crippen molar-refractivity contribution in [3.8, 4) is 0 Å². The van der Waals surface area contributed by atoms with Crippen LogP contribution in [0.1, 0.15) is 51.6 Å². The topological polar surface area (TPSA) is 49.3 Å². The van der Waals surface area contributed by atoms with Crippen molar-refractivity contribution in [3.63, 3.8) is 0 Å². The lowest BCUT2D eigenvalue weighted by molar-refractivity contribution is -0.127. The minimum absolute atomic E-state index is 0.160. The SMILES string of the molecule is CC/C=C(\C)C(=O)N1CCN(c2cc(C)nc(C(C)C)n2)CC1. The Labute approximate surface area is 139 Å². The van der Waals surface area contributed by atoms with Crippen LogP contribution in [0.2, 0.25) is 0 Å². The molecule has 1 aliphatic heterocycles. The van der Waals surface area contributed by atoms with E-state index in [0.717, 1.165) is 55.5 Å². The molecule has 0 N–H and O–H groups in total. The van der Waals surface area contributed by atoms with Crippen LogP contribution in [0.5, 0.6) is 0 Å². The first kappa shape index (κ1) is 17.4. The van der Waals surface area contributed by atoms with Gasteiger partial charge in [-0.1, -0.05) is 26.8 Å². The monoisotopic (exact) mass is 316 g/mol. The number of carbonyl (C=O) groups is 1. The van der Waals surface area contributed by atoms with Crippen LogP contribution in [0.25, 0.3) is 0 Å². The van der Waals surface area contributed by atoms with Gasteiger partial charge in [0.05, 0.1) is 0 Å². The van der Waals surface area contributed by atoms with E-state index in [0.29, 0.717) is 5.92 Å². The standard InChI is InChI=1S/C18H28N4O/c1-6-7-14(4)18(23)22-10-8-21(9-11-22)16-12-15(5)19-17(20-16)13(2)3/h7,12-13H,6,8-11H2,1-5H3/b14-7+. The molecular weight excluding hydrogens is 288 g/mol. The van der Waals surface area contributed by atoms with E-state index in [-0.39, 0.29) is 5.91 Å². The maximum absolute atomic E-state index is 12.3. The lowest BCUT2D eigenvalue weighted by atomic mass is 10.2. The molecule has 0 radical (unpaired) electrons. The molecule has 0 aliphatic carbocycles. The Morgan fingerprint density at radius 3 is 2.48 bits per heavy atom. The van der Waals surface area contributed by atoms with E-state index in [1.807, 2.05) is 30.9 Å². The highest BCUT2D eigenvalue weighted by Gasteiger charge is 2.23. The smallest absolute Gasteiger partial charge is 0.249 e. The van der Waals surface area contributed by atoms with Crippen molar-refractivity contribution in [1.82, 2.24) is 14.9 Å². The number of rotatable bonds is 4. The average molecular weight is 316 g/mol. The van der Waals surface area contributed by atoms with Crippen molar-refractivity contribution in [2.75, 3.05) is 31.1 Å². The second-order valence-corrected chi connectivity index (χ2v) is 6.46. The average Bonchev–Trinajstić information content (AvgIpc) is 2.54. The number of hydrogen-bond donors (Lipinski definition) is 0. The summed E-state index contributed by atoms with van der Waals surface area (Å²) in [6, 6.07) is 2.03. The molecule has 0 bridgehead atoms. The highest BCUT2D eigenvalue weighted by atomic mass is 16.2. The molecule has 0 spiro atoms. The van der Waals surface area contributed by atoms with Crippen LogP contribution in [0.15, 0.2) is 17.7 Å². The number of aromatic nitrogens is 2. The second kappa shape index (κ2) is 7.57. The molecule has 23 heavy (non-hydrogen) atoms. The Morgan fingerprint density at radius 1 is 1.26 bits per heavy atom. The van der Waals surface area contributed by atoms with Crippen molar-refractivity contribution >= 4 is 11.7 Å². The summed E-state index contributed by atoms with van der Waals surface area (Å²) in [5.41, 5.74) is 1.85. The van der Waals surface area contributed by atoms with Gasteiger partial charge in [0.25, 0.3) is 0 Å². The zero-order valence-corrected chi connectivity index (χ0v) is 15.0. The van der Waals surface area contributed by atoms with Crippen LogP contribution in [-0.2, 0) is 4.79 Å². The van der Waals surface area contributed by atoms with E-state index >= 15 is 0 Å². The molecule has 0 saturated carbocycles. The molecule has 1 amide bonds. The Hall–Kier alpha value is -1.91. The second-order valence-electron chi connectivity index (χ2n) is 6.46. The predicted octanol–water partition coefficient (Wildman–Crippen LogP) is 2.91. The Bertz CT molecular complexity index is 587. The molecular formula is C18H28N4O. The van der Waals surface area contributed by atoms with E-state index < -0.39 is 0 Å². The van der Waals surface area contributed by atoms with Gasteiger partial charge in [0.1, 0.15) is 11.6 Å². The molecule has 2 rings (SSSR count). The number of amides is 1. The maximum atomic E-state index is 12.3. The lowest BCUT2D eigenvalue weighted by Gasteiger charge is -2.35. The van der Waals surface area contributed by atoms with E-state index in [2.05, 4.69) is 30.7 Å². The molecule has 0 aromatic carbocycles. The number of nitrogens with zero attached hydrogens (tertiary/aromatic N) is 4. The van der Waals surface area contributed by atoms with E-state index in [9.17, 15) is 4.79 Å². The predicted molar refractivity (Wildman–Crippen MR) is 93.7 cm³/mol. The van der Waals surface area contributed by atoms with Gasteiger partial charge in [0, 0.05) is 49.4 Å². The quantitative estimate of drug-likeness (QED) is 0.802. The van der Waals surface area contributed by atoms with E-state index in [1.165, 1.54) is 0 Å². The Morgan fingerprint density at radius 2 is 1.91 bits per heavy atom. The van der Waals surface area contributed by atoms with Gasteiger partial charge in [-0.25, -0.2) is 9.97 Å². The summed E-state index contributed by atoms with van der Waals surface area (Å²) < 4.78 is 0. The number of allylic oxidation sites excluding steroid dienone is 1. The van der Waals surface area contributed by atoms with Crippen molar-refractivity contribution in [2.24, 2.45) is 0 Å². The molecule has 0 unspecified atom stereocenters. The number of aryl methyl sites for hydroxylation is 1. The molecule has 5 nitrogen and oxygen atoms in total. The Balaban J connectivity index is 2.05. The molecule has 1 aromatic heterocycles. The minimum atomic E-state index is 0.160. The summed E-state index contributed by atoms with van der Waals surface area (Å²) in [6.45, 7) is 13.3. The van der Waals surface area contributed by atoms with Crippen molar-refractivity contribution < 1.29 is 4.79 Å². The highest BCUT2D eigenvalue weighted by Crippen LogP contribution is 2.19. The third-order valence-corrected chi connectivity index (χ3v) is 4.11. The first-order valence-electron chi connectivity index (χ1n) is 8.49. The van der Waals surface area contributed by atoms with Gasteiger partial charge >= 0.3 is 0 Å². The summed E-state index contributed by atoms with van der Waals surface area (Å²) in [5.74, 6) is 2.35. The third kappa shape index (κ3) is 4.30. The van der Waals surface area contributed by atoms with E-state index in [4.69, 9.17) is 4.98 Å². The van der Waals surface area contributed by atoms with Gasteiger partial charge < -0.3 is 9.80 Å². The Kier molecular flexibility index (Phi) is 5.74. The first-order chi connectivity index (χ1) is 10.9. The largest absolute Gasteiger partial charge is 0.353 e. The number of carbonyl (C=O) groups excluding carboxylic acids is 1. The van der Waals surface area contributed by atoms with Crippen LogP contribution in [-0.4, -0.2) is 47.0 Å². The third-order valence-electron chi connectivity index (χ3n) is 4.11. The zero-order valence-electron chi connectivity index (χ0n) is 15.0. The van der Waals surface area contributed by atoms with Gasteiger partial charge in [0.2, 0.25) is 5.91 Å². The molecule has 1 aliphatic rings. The molecule has 1 aromatic rings. The maximum Gasteiger partial charge on any atom is 0.249 e. The van der Waals surface area contributed by atoms with Crippen LogP contribution in [0, 0.1) is 6.92 Å². The normalized spacial score (nSPS) is 16.2. The van der Waals surface area contributed by atoms with Gasteiger partial charge in [-0.2, -0.15) is 0 Å². The number of piperazine rings is 1. The fraction of sp³-hybridized carbons (Fsp3) is 0.611. The molecule has 1 saturated heterocycles. The first-order valence-corrected chi connectivity index (χ1v) is 8.49. The number of anilines is 1. The van der Waals surface area contributed by atoms with E-state index in [1.54, 1.807) is 0 Å². The number of hydrogen-bond acceptors (Lipinski definition) is 4. The molecule has 126 valence electrons. The molecule has 1 fully saturated rings. The summed E-state index contributed by atoms with van der Waals surface area (Å²) in [5, 5.41) is 0. The van der Waals surface area contributed by atoms with Crippen LogP contribution in [0.3, 0.4) is 0 Å². The fourth-order valence-corrected chi connectivity index (χ4v) is 2.78. The molecule has 5 heteroatoms. The molecule has 2 heterocycles. The summed E-state index contributed by atoms with van der Waals surface area (Å²) in [4.78, 5) is 25.7. The van der Waals surface area contributed by atoms with Gasteiger partial charge in [0.15, 0.2) is 0 Å². The van der Waals surface area contributed by atoms with Crippen LogP contribution >= 0.6 is 0 Å². The van der Waals surface area contributed by atoms with Gasteiger partial charge in [-0.05, 0) is 20.3 Å². The highest BCUT2D eigenvalue weighted by molar-refractivity contribution is 5.92. The molecule has 0 atom stereocenters. The van der Waals surface area contributed by atoms with Crippen molar-refractivity contribution in [2.45, 2.75) is 47.0 Å². The van der Waals surface area contributed by atoms with Gasteiger partial charge in [-0.15, -0.1) is 0 Å². The fourth-order valence-electron chi connectivity index (χ4n) is 2.78. The minimum Gasteiger partial charge on any atom is -0.353 e. The van der Waals surface area contributed by atoms with Crippen LogP contribution in [0.4, 0.5) is 5.82 Å². The summed E-state index contributed by atoms with van der Waals surface area (Å²) in [6.07, 6.45) is 2.90. The van der Waals surface area contributed by atoms with Crippen LogP contribution < -0.4 is 4.90 Å². The summed E-state index contributed by atoms with van der Waals surface area (Å²) >= 11 is 0. The summed E-state index contributed by atoms with van der Waals surface area (Å²) in [7, 11) is 0. The lowest BCUT2D eigenvalue weighted by Crippen LogP contribution is -2.49. The van der Waals surface area contributed by atoms with Crippen molar-refractivity contribution in [1.29, 1.82) is 0 Å². The van der Waals surface area contributed by atoms with Crippen molar-refractivity contribution in [3.05, 3.63) is 29.2 Å².